The van der Waals surface area contributed by atoms with E-state index in [0.717, 1.165) is 16.3 Å². The summed E-state index contributed by atoms with van der Waals surface area (Å²) in [7, 11) is 0. The van der Waals surface area contributed by atoms with Crippen LogP contribution in [0.3, 0.4) is 0 Å². The quantitative estimate of drug-likeness (QED) is 0.611. The smallest absolute Gasteiger partial charge is 0.321 e. The van der Waals surface area contributed by atoms with Crippen LogP contribution in [-0.4, -0.2) is 23.0 Å². The summed E-state index contributed by atoms with van der Waals surface area (Å²) in [5, 5.41) is 17.1. The molecule has 5 heteroatoms. The number of hydrogen-bond acceptors (Lipinski definition) is 3. The monoisotopic (exact) mass is 348 g/mol. The van der Waals surface area contributed by atoms with Crippen molar-refractivity contribution in [3.05, 3.63) is 78.4 Å². The maximum absolute atomic E-state index is 12.4. The molecule has 1 atom stereocenters. The van der Waals surface area contributed by atoms with E-state index in [1.54, 1.807) is 0 Å². The summed E-state index contributed by atoms with van der Waals surface area (Å²) in [4.78, 5) is 23.8. The molecule has 3 aromatic rings. The minimum Gasteiger partial charge on any atom is -0.480 e. The number of benzene rings is 3. The number of carboxylic acid groups (broad SMARTS) is 1. The van der Waals surface area contributed by atoms with Crippen molar-refractivity contribution in [3.63, 3.8) is 0 Å². The second kappa shape index (κ2) is 8.27. The van der Waals surface area contributed by atoms with Crippen LogP contribution in [0.2, 0.25) is 0 Å². The topological polar surface area (TPSA) is 78.4 Å². The molecule has 0 aromatic heterocycles. The lowest BCUT2D eigenvalue weighted by Gasteiger charge is -2.15. The molecule has 3 rings (SSSR count). The molecule has 0 radical (unpaired) electrons. The molecule has 0 saturated heterocycles. The molecule has 0 spiro atoms. The molecular weight excluding hydrogens is 328 g/mol. The summed E-state index contributed by atoms with van der Waals surface area (Å²) in [5.74, 6) is -1.39. The van der Waals surface area contributed by atoms with Gasteiger partial charge in [-0.15, -0.1) is 0 Å². The Kier molecular flexibility index (Phi) is 5.61. The highest BCUT2D eigenvalue weighted by Crippen LogP contribution is 2.23. The third-order valence-electron chi connectivity index (χ3n) is 4.15. The molecule has 1 unspecified atom stereocenters. The lowest BCUT2D eigenvalue weighted by atomic mass is 10.1. The fraction of sp³-hybridized carbons (Fsp3) is 0.143. The molecule has 0 aliphatic rings. The van der Waals surface area contributed by atoms with Gasteiger partial charge in [0.1, 0.15) is 6.04 Å². The third-order valence-corrected chi connectivity index (χ3v) is 4.15. The predicted octanol–water partition coefficient (Wildman–Crippen LogP) is 3.41. The Bertz CT molecular complexity index is 904. The number of fused-ring (bicyclic) bond motifs is 1. The van der Waals surface area contributed by atoms with Crippen LogP contribution in [-0.2, 0) is 16.1 Å². The standard InChI is InChI=1S/C21H20N2O3/c24-20(23-18-12-6-10-16-9-4-5-11-17(16)18)13-19(21(25)26)22-14-15-7-2-1-3-8-15/h1-12,19,22H,13-14H2,(H,23,24)(H,25,26). The van der Waals surface area contributed by atoms with Gasteiger partial charge in [0.05, 0.1) is 6.42 Å². The van der Waals surface area contributed by atoms with Crippen molar-refractivity contribution in [3.8, 4) is 0 Å². The minimum absolute atomic E-state index is 0.147. The zero-order valence-corrected chi connectivity index (χ0v) is 14.2. The molecule has 0 fully saturated rings. The van der Waals surface area contributed by atoms with E-state index < -0.39 is 12.0 Å². The van der Waals surface area contributed by atoms with Crippen molar-refractivity contribution in [2.45, 2.75) is 19.0 Å². The number of amides is 1. The van der Waals surface area contributed by atoms with E-state index in [4.69, 9.17) is 0 Å². The highest BCUT2D eigenvalue weighted by molar-refractivity contribution is 6.03. The average Bonchev–Trinajstić information content (AvgIpc) is 2.66. The molecule has 5 nitrogen and oxygen atoms in total. The first-order valence-corrected chi connectivity index (χ1v) is 8.41. The Hall–Kier alpha value is -3.18. The Morgan fingerprint density at radius 3 is 2.35 bits per heavy atom. The number of hydrogen-bond donors (Lipinski definition) is 3. The van der Waals surface area contributed by atoms with E-state index in [9.17, 15) is 14.7 Å². The number of carbonyl (C=O) groups is 2. The Morgan fingerprint density at radius 1 is 0.885 bits per heavy atom. The van der Waals surface area contributed by atoms with E-state index in [2.05, 4.69) is 10.6 Å². The minimum atomic E-state index is -1.05. The van der Waals surface area contributed by atoms with Gasteiger partial charge in [-0.05, 0) is 17.0 Å². The normalized spacial score (nSPS) is 11.8. The van der Waals surface area contributed by atoms with Gasteiger partial charge in [0.15, 0.2) is 0 Å². The fourth-order valence-corrected chi connectivity index (χ4v) is 2.80. The van der Waals surface area contributed by atoms with Crippen LogP contribution in [0.15, 0.2) is 72.8 Å². The summed E-state index contributed by atoms with van der Waals surface area (Å²) < 4.78 is 0. The highest BCUT2D eigenvalue weighted by atomic mass is 16.4. The van der Waals surface area contributed by atoms with Crippen molar-refractivity contribution in [2.75, 3.05) is 5.32 Å². The number of carbonyl (C=O) groups excluding carboxylic acids is 1. The van der Waals surface area contributed by atoms with Gasteiger partial charge in [0, 0.05) is 17.6 Å². The van der Waals surface area contributed by atoms with Gasteiger partial charge in [-0.25, -0.2) is 0 Å². The van der Waals surface area contributed by atoms with Crippen LogP contribution in [0.1, 0.15) is 12.0 Å². The third kappa shape index (κ3) is 4.46. The van der Waals surface area contributed by atoms with Crippen LogP contribution in [0, 0.1) is 0 Å². The molecule has 0 aliphatic heterocycles. The SMILES string of the molecule is O=C(CC(NCc1ccccc1)C(=O)O)Nc1cccc2ccccc12. The number of nitrogens with one attached hydrogen (secondary N) is 2. The molecule has 0 bridgehead atoms. The Labute approximate surface area is 151 Å². The molecule has 3 N–H and O–H groups in total. The van der Waals surface area contributed by atoms with E-state index in [1.807, 2.05) is 72.8 Å². The predicted molar refractivity (Wildman–Crippen MR) is 102 cm³/mol. The lowest BCUT2D eigenvalue weighted by molar-refractivity contribution is -0.141. The fourth-order valence-electron chi connectivity index (χ4n) is 2.80. The molecule has 26 heavy (non-hydrogen) atoms. The van der Waals surface area contributed by atoms with Crippen LogP contribution in [0.4, 0.5) is 5.69 Å². The van der Waals surface area contributed by atoms with Gasteiger partial charge < -0.3 is 10.4 Å². The van der Waals surface area contributed by atoms with Crippen molar-refractivity contribution in [2.24, 2.45) is 0 Å². The largest absolute Gasteiger partial charge is 0.480 e. The lowest BCUT2D eigenvalue weighted by Crippen LogP contribution is -2.39. The van der Waals surface area contributed by atoms with Crippen LogP contribution in [0.5, 0.6) is 0 Å². The number of anilines is 1. The molecule has 0 saturated carbocycles. The molecule has 1 amide bonds. The summed E-state index contributed by atoms with van der Waals surface area (Å²) >= 11 is 0. The van der Waals surface area contributed by atoms with E-state index in [-0.39, 0.29) is 12.3 Å². The summed E-state index contributed by atoms with van der Waals surface area (Å²) in [5.41, 5.74) is 1.65. The second-order valence-corrected chi connectivity index (χ2v) is 6.04. The van der Waals surface area contributed by atoms with Crippen molar-refractivity contribution in [1.82, 2.24) is 5.32 Å². The highest BCUT2D eigenvalue weighted by Gasteiger charge is 2.21. The van der Waals surface area contributed by atoms with Crippen LogP contribution < -0.4 is 10.6 Å². The first-order chi connectivity index (χ1) is 12.6. The summed E-state index contributed by atoms with van der Waals surface area (Å²) in [6.07, 6.45) is -0.147. The van der Waals surface area contributed by atoms with Gasteiger partial charge >= 0.3 is 5.97 Å². The first kappa shape index (κ1) is 17.6. The van der Waals surface area contributed by atoms with Gasteiger partial charge in [0.25, 0.3) is 0 Å². The summed E-state index contributed by atoms with van der Waals surface area (Å²) in [6, 6.07) is 21.9. The molecule has 3 aromatic carbocycles. The van der Waals surface area contributed by atoms with Crippen LogP contribution >= 0.6 is 0 Å². The van der Waals surface area contributed by atoms with Crippen molar-refractivity contribution < 1.29 is 14.7 Å². The first-order valence-electron chi connectivity index (χ1n) is 8.41. The Balaban J connectivity index is 1.65. The number of carboxylic acids is 1. The Morgan fingerprint density at radius 2 is 1.58 bits per heavy atom. The van der Waals surface area contributed by atoms with E-state index in [1.165, 1.54) is 0 Å². The molecule has 0 heterocycles. The molecule has 0 aliphatic carbocycles. The average molecular weight is 348 g/mol. The van der Waals surface area contributed by atoms with E-state index in [0.29, 0.717) is 12.2 Å². The van der Waals surface area contributed by atoms with Gasteiger partial charge in [-0.3, -0.25) is 14.9 Å². The zero-order chi connectivity index (χ0) is 18.4. The van der Waals surface area contributed by atoms with Gasteiger partial charge in [0.2, 0.25) is 5.91 Å². The maximum Gasteiger partial charge on any atom is 0.321 e. The summed E-state index contributed by atoms with van der Waals surface area (Å²) in [6.45, 7) is 0.388. The van der Waals surface area contributed by atoms with Crippen molar-refractivity contribution in [1.29, 1.82) is 0 Å². The van der Waals surface area contributed by atoms with Gasteiger partial charge in [-0.1, -0.05) is 66.7 Å². The maximum atomic E-state index is 12.4. The van der Waals surface area contributed by atoms with Crippen LogP contribution in [0.25, 0.3) is 10.8 Å². The second-order valence-electron chi connectivity index (χ2n) is 6.04. The number of aliphatic carboxylic acids is 1. The van der Waals surface area contributed by atoms with Gasteiger partial charge in [-0.2, -0.15) is 0 Å². The van der Waals surface area contributed by atoms with Crippen molar-refractivity contribution >= 4 is 28.3 Å². The zero-order valence-electron chi connectivity index (χ0n) is 14.2. The number of rotatable bonds is 7. The molecule has 132 valence electrons. The van der Waals surface area contributed by atoms with E-state index >= 15 is 0 Å². The molecular formula is C21H20N2O3.